The molecule has 4 heteroatoms. The van der Waals surface area contributed by atoms with Gasteiger partial charge in [0.1, 0.15) is 5.82 Å². The van der Waals surface area contributed by atoms with E-state index in [1.54, 1.807) is 0 Å². The highest BCUT2D eigenvalue weighted by atomic mass is 79.9. The van der Waals surface area contributed by atoms with Gasteiger partial charge >= 0.3 is 0 Å². The second-order valence-electron chi connectivity index (χ2n) is 6.10. The average Bonchev–Trinajstić information content (AvgIpc) is 2.97. The Kier molecular flexibility index (Phi) is 4.61. The molecule has 0 N–H and O–H groups in total. The fourth-order valence-electron chi connectivity index (χ4n) is 3.55. The molecular weight excluding hydrogens is 314 g/mol. The van der Waals surface area contributed by atoms with Gasteiger partial charge in [0.15, 0.2) is 0 Å². The molecule has 20 heavy (non-hydrogen) atoms. The monoisotopic (exact) mass is 337 g/mol. The number of hydrogen-bond donors (Lipinski definition) is 0. The number of nitrogens with zero attached hydrogens (tertiary/aromatic N) is 3. The molecule has 0 radical (unpaired) electrons. The molecule has 0 aliphatic carbocycles. The molecule has 110 valence electrons. The van der Waals surface area contributed by atoms with Crippen LogP contribution in [0.3, 0.4) is 0 Å². The van der Waals surface area contributed by atoms with Crippen LogP contribution in [0.5, 0.6) is 0 Å². The van der Waals surface area contributed by atoms with Crippen molar-refractivity contribution in [3.63, 3.8) is 0 Å². The van der Waals surface area contributed by atoms with Crippen LogP contribution < -0.4 is 4.90 Å². The molecule has 0 aromatic carbocycles. The summed E-state index contributed by atoms with van der Waals surface area (Å²) in [7, 11) is 0. The van der Waals surface area contributed by atoms with Crippen molar-refractivity contribution in [1.82, 2.24) is 9.88 Å². The van der Waals surface area contributed by atoms with Crippen molar-refractivity contribution in [3.8, 4) is 0 Å². The van der Waals surface area contributed by atoms with Gasteiger partial charge in [0, 0.05) is 30.7 Å². The molecule has 1 aromatic rings. The van der Waals surface area contributed by atoms with Crippen LogP contribution in [0.15, 0.2) is 12.3 Å². The minimum atomic E-state index is 0.743. The standard InChI is InChI=1S/C16H24BrN3/c1-13-9-14(10-17)11-18-16(13)20-8-5-15(12-20)19-6-3-2-4-7-19/h9,11,15H,2-8,10,12H2,1H3. The van der Waals surface area contributed by atoms with Crippen LogP contribution in [-0.4, -0.2) is 42.1 Å². The molecule has 3 rings (SSSR count). The van der Waals surface area contributed by atoms with E-state index in [2.05, 4.69) is 43.7 Å². The van der Waals surface area contributed by atoms with Crippen LogP contribution in [0.2, 0.25) is 0 Å². The zero-order valence-electron chi connectivity index (χ0n) is 12.3. The summed E-state index contributed by atoms with van der Waals surface area (Å²) in [5.41, 5.74) is 2.57. The zero-order valence-corrected chi connectivity index (χ0v) is 13.9. The first kappa shape index (κ1) is 14.3. The van der Waals surface area contributed by atoms with Gasteiger partial charge in [0.05, 0.1) is 0 Å². The lowest BCUT2D eigenvalue weighted by Gasteiger charge is -2.32. The van der Waals surface area contributed by atoms with E-state index < -0.39 is 0 Å². The quantitative estimate of drug-likeness (QED) is 0.788. The normalized spacial score (nSPS) is 24.3. The van der Waals surface area contributed by atoms with E-state index in [0.717, 1.165) is 24.5 Å². The van der Waals surface area contributed by atoms with Crippen molar-refractivity contribution in [2.24, 2.45) is 0 Å². The lowest BCUT2D eigenvalue weighted by molar-refractivity contribution is 0.175. The third-order valence-corrected chi connectivity index (χ3v) is 5.28. The molecule has 3 heterocycles. The first-order valence-corrected chi connectivity index (χ1v) is 8.90. The molecule has 1 aromatic heterocycles. The van der Waals surface area contributed by atoms with Crippen molar-refractivity contribution < 1.29 is 0 Å². The van der Waals surface area contributed by atoms with E-state index in [1.165, 1.54) is 55.7 Å². The predicted octanol–water partition coefficient (Wildman–Crippen LogP) is 3.35. The second kappa shape index (κ2) is 6.44. The van der Waals surface area contributed by atoms with Gasteiger partial charge in [-0.25, -0.2) is 4.98 Å². The Hall–Kier alpha value is -0.610. The lowest BCUT2D eigenvalue weighted by atomic mass is 10.1. The summed E-state index contributed by atoms with van der Waals surface area (Å²) < 4.78 is 0. The molecule has 0 spiro atoms. The minimum Gasteiger partial charge on any atom is -0.355 e. The number of hydrogen-bond acceptors (Lipinski definition) is 3. The molecule has 1 atom stereocenters. The van der Waals surface area contributed by atoms with Gasteiger partial charge < -0.3 is 4.90 Å². The van der Waals surface area contributed by atoms with Gasteiger partial charge in [-0.1, -0.05) is 28.4 Å². The highest BCUT2D eigenvalue weighted by molar-refractivity contribution is 9.08. The van der Waals surface area contributed by atoms with Crippen molar-refractivity contribution in [1.29, 1.82) is 0 Å². The maximum Gasteiger partial charge on any atom is 0.131 e. The van der Waals surface area contributed by atoms with Gasteiger partial charge in [-0.05, 0) is 50.4 Å². The number of aromatic nitrogens is 1. The van der Waals surface area contributed by atoms with Crippen molar-refractivity contribution in [2.75, 3.05) is 31.1 Å². The van der Waals surface area contributed by atoms with E-state index in [0.29, 0.717) is 0 Å². The van der Waals surface area contributed by atoms with E-state index in [-0.39, 0.29) is 0 Å². The Balaban J connectivity index is 1.67. The first-order chi connectivity index (χ1) is 9.78. The highest BCUT2D eigenvalue weighted by Gasteiger charge is 2.29. The van der Waals surface area contributed by atoms with Gasteiger partial charge in [-0.3, -0.25) is 4.90 Å². The number of aryl methyl sites for hydroxylation is 1. The maximum atomic E-state index is 4.69. The van der Waals surface area contributed by atoms with Crippen molar-refractivity contribution in [2.45, 2.75) is 44.0 Å². The van der Waals surface area contributed by atoms with Crippen LogP contribution in [0.25, 0.3) is 0 Å². The van der Waals surface area contributed by atoms with Crippen LogP contribution in [0.1, 0.15) is 36.8 Å². The highest BCUT2D eigenvalue weighted by Crippen LogP contribution is 2.26. The van der Waals surface area contributed by atoms with Gasteiger partial charge in [-0.15, -0.1) is 0 Å². The largest absolute Gasteiger partial charge is 0.355 e. The van der Waals surface area contributed by atoms with E-state index in [4.69, 9.17) is 0 Å². The number of piperidine rings is 1. The molecule has 0 saturated carbocycles. The van der Waals surface area contributed by atoms with Crippen molar-refractivity contribution >= 4 is 21.7 Å². The fourth-order valence-corrected chi connectivity index (χ4v) is 3.85. The summed E-state index contributed by atoms with van der Waals surface area (Å²) >= 11 is 3.50. The van der Waals surface area contributed by atoms with Crippen LogP contribution >= 0.6 is 15.9 Å². The van der Waals surface area contributed by atoms with Gasteiger partial charge in [0.2, 0.25) is 0 Å². The molecular formula is C16H24BrN3. The Bertz CT molecular complexity index is 457. The maximum absolute atomic E-state index is 4.69. The topological polar surface area (TPSA) is 19.4 Å². The number of rotatable bonds is 3. The summed E-state index contributed by atoms with van der Waals surface area (Å²) in [5.74, 6) is 1.19. The number of alkyl halides is 1. The lowest BCUT2D eigenvalue weighted by Crippen LogP contribution is -2.41. The van der Waals surface area contributed by atoms with E-state index in [1.807, 2.05) is 6.20 Å². The first-order valence-electron chi connectivity index (χ1n) is 7.78. The van der Waals surface area contributed by atoms with Crippen LogP contribution in [-0.2, 0) is 5.33 Å². The number of anilines is 1. The Morgan fingerprint density at radius 2 is 2.05 bits per heavy atom. The Morgan fingerprint density at radius 3 is 2.75 bits per heavy atom. The fraction of sp³-hybridized carbons (Fsp3) is 0.688. The Morgan fingerprint density at radius 1 is 1.25 bits per heavy atom. The van der Waals surface area contributed by atoms with E-state index >= 15 is 0 Å². The van der Waals surface area contributed by atoms with E-state index in [9.17, 15) is 0 Å². The molecule has 2 aliphatic rings. The summed E-state index contributed by atoms with van der Waals surface area (Å²) in [6, 6.07) is 3.00. The number of pyridine rings is 1. The van der Waals surface area contributed by atoms with Gasteiger partial charge in [0.25, 0.3) is 0 Å². The molecule has 1 unspecified atom stereocenters. The van der Waals surface area contributed by atoms with Crippen LogP contribution in [0, 0.1) is 6.92 Å². The smallest absolute Gasteiger partial charge is 0.131 e. The summed E-state index contributed by atoms with van der Waals surface area (Å²) in [4.78, 5) is 9.87. The van der Waals surface area contributed by atoms with Crippen molar-refractivity contribution in [3.05, 3.63) is 23.4 Å². The number of likely N-dealkylation sites (tertiary alicyclic amines) is 1. The predicted molar refractivity (Wildman–Crippen MR) is 87.6 cm³/mol. The molecule has 3 nitrogen and oxygen atoms in total. The SMILES string of the molecule is Cc1cc(CBr)cnc1N1CCC(N2CCCCC2)C1. The number of halogens is 1. The third kappa shape index (κ3) is 3.01. The Labute approximate surface area is 130 Å². The summed E-state index contributed by atoms with van der Waals surface area (Å²) in [6.45, 7) is 7.09. The second-order valence-corrected chi connectivity index (χ2v) is 6.66. The third-order valence-electron chi connectivity index (χ3n) is 4.63. The summed E-state index contributed by atoms with van der Waals surface area (Å²) in [5, 5.41) is 0.886. The molecule has 0 bridgehead atoms. The average molecular weight is 338 g/mol. The molecule has 2 aliphatic heterocycles. The minimum absolute atomic E-state index is 0.743. The van der Waals surface area contributed by atoms with Crippen LogP contribution in [0.4, 0.5) is 5.82 Å². The zero-order chi connectivity index (χ0) is 13.9. The summed E-state index contributed by atoms with van der Waals surface area (Å²) in [6.07, 6.45) is 7.48. The molecule has 0 amide bonds. The molecule has 2 fully saturated rings. The van der Waals surface area contributed by atoms with Gasteiger partial charge in [-0.2, -0.15) is 0 Å². The molecule has 2 saturated heterocycles.